The van der Waals surface area contributed by atoms with Crippen LogP contribution in [0, 0.1) is 17.3 Å². The van der Waals surface area contributed by atoms with E-state index in [0.29, 0.717) is 6.54 Å². The number of carbonyl (C=O) groups excluding carboxylic acids is 1. The van der Waals surface area contributed by atoms with Gasteiger partial charge in [0, 0.05) is 12.0 Å². The van der Waals surface area contributed by atoms with Crippen LogP contribution in [0.2, 0.25) is 0 Å². The molecule has 1 aliphatic carbocycles. The van der Waals surface area contributed by atoms with Crippen LogP contribution in [0.4, 0.5) is 0 Å². The third-order valence-electron chi connectivity index (χ3n) is 4.33. The number of aliphatic hydroxyl groups excluding tert-OH is 1. The van der Waals surface area contributed by atoms with Crippen LogP contribution in [-0.4, -0.2) is 29.7 Å². The van der Waals surface area contributed by atoms with Crippen molar-refractivity contribution in [1.29, 1.82) is 0 Å². The number of hydrogen-bond acceptors (Lipinski definition) is 3. The summed E-state index contributed by atoms with van der Waals surface area (Å²) in [5, 5.41) is 13.1. The smallest absolute Gasteiger partial charge is 0.237 e. The third kappa shape index (κ3) is 3.45. The van der Waals surface area contributed by atoms with Crippen LogP contribution in [0.5, 0.6) is 0 Å². The van der Waals surface area contributed by atoms with Gasteiger partial charge in [0.05, 0.1) is 12.1 Å². The van der Waals surface area contributed by atoms with Crippen molar-refractivity contribution in [2.24, 2.45) is 23.0 Å². The van der Waals surface area contributed by atoms with Crippen LogP contribution in [0.1, 0.15) is 47.0 Å². The number of amides is 1. The first-order chi connectivity index (χ1) is 8.34. The predicted octanol–water partition coefficient (Wildman–Crippen LogP) is 1.27. The van der Waals surface area contributed by atoms with Gasteiger partial charge in [-0.1, -0.05) is 34.1 Å². The molecule has 0 spiro atoms. The Bertz CT molecular complexity index is 288. The van der Waals surface area contributed by atoms with Crippen LogP contribution in [0.25, 0.3) is 0 Å². The maximum Gasteiger partial charge on any atom is 0.237 e. The monoisotopic (exact) mass is 256 g/mol. The van der Waals surface area contributed by atoms with E-state index in [4.69, 9.17) is 5.73 Å². The number of hydrogen-bond donors (Lipinski definition) is 3. The second-order valence-electron chi connectivity index (χ2n) is 6.18. The summed E-state index contributed by atoms with van der Waals surface area (Å²) < 4.78 is 0. The minimum absolute atomic E-state index is 0.0911. The van der Waals surface area contributed by atoms with Crippen molar-refractivity contribution in [2.45, 2.75) is 59.1 Å². The van der Waals surface area contributed by atoms with E-state index in [1.54, 1.807) is 0 Å². The lowest BCUT2D eigenvalue weighted by atomic mass is 9.90. The standard InChI is InChI=1S/C14H28N2O2/c1-5-10(4)11(15)13(18)16-8-14(6-7-14)12(17)9(2)3/h9-12,17H,5-8,15H2,1-4H3,(H,16,18). The fourth-order valence-corrected chi connectivity index (χ4v) is 2.34. The summed E-state index contributed by atoms with van der Waals surface area (Å²) in [4.78, 5) is 11.9. The molecular weight excluding hydrogens is 228 g/mol. The van der Waals surface area contributed by atoms with Crippen molar-refractivity contribution in [1.82, 2.24) is 5.32 Å². The first-order valence-electron chi connectivity index (χ1n) is 7.05. The molecular formula is C14H28N2O2. The zero-order valence-electron chi connectivity index (χ0n) is 12.1. The number of carbonyl (C=O) groups is 1. The molecule has 106 valence electrons. The minimum Gasteiger partial charge on any atom is -0.392 e. The molecule has 1 fully saturated rings. The first-order valence-corrected chi connectivity index (χ1v) is 7.05. The van der Waals surface area contributed by atoms with E-state index in [-0.39, 0.29) is 29.3 Å². The molecule has 1 rings (SSSR count). The highest BCUT2D eigenvalue weighted by Crippen LogP contribution is 2.50. The SMILES string of the molecule is CCC(C)C(N)C(=O)NCC1(C(O)C(C)C)CC1. The van der Waals surface area contributed by atoms with Gasteiger partial charge in [-0.15, -0.1) is 0 Å². The van der Waals surface area contributed by atoms with Crippen molar-refractivity contribution < 1.29 is 9.90 Å². The van der Waals surface area contributed by atoms with Crippen LogP contribution in [0.3, 0.4) is 0 Å². The van der Waals surface area contributed by atoms with Crippen molar-refractivity contribution in [3.05, 3.63) is 0 Å². The lowest BCUT2D eigenvalue weighted by Crippen LogP contribution is -2.48. The summed E-state index contributed by atoms with van der Waals surface area (Å²) in [6, 6.07) is -0.443. The fraction of sp³-hybridized carbons (Fsp3) is 0.929. The Morgan fingerprint density at radius 1 is 1.39 bits per heavy atom. The van der Waals surface area contributed by atoms with Gasteiger partial charge in [0.1, 0.15) is 0 Å². The van der Waals surface area contributed by atoms with Crippen molar-refractivity contribution in [2.75, 3.05) is 6.54 Å². The van der Waals surface area contributed by atoms with Gasteiger partial charge in [0.2, 0.25) is 5.91 Å². The number of nitrogens with two attached hydrogens (primary N) is 1. The molecule has 1 amide bonds. The Hall–Kier alpha value is -0.610. The average molecular weight is 256 g/mol. The Kier molecular flexibility index (Phi) is 5.17. The molecule has 4 N–H and O–H groups in total. The maximum absolute atomic E-state index is 11.9. The second kappa shape index (κ2) is 6.02. The predicted molar refractivity (Wildman–Crippen MR) is 73.0 cm³/mol. The summed E-state index contributed by atoms with van der Waals surface area (Å²) in [7, 11) is 0. The Labute approximate surface area is 110 Å². The highest BCUT2D eigenvalue weighted by molar-refractivity contribution is 5.81. The number of aliphatic hydroxyl groups is 1. The molecule has 18 heavy (non-hydrogen) atoms. The fourth-order valence-electron chi connectivity index (χ4n) is 2.34. The zero-order valence-corrected chi connectivity index (χ0v) is 12.1. The van der Waals surface area contributed by atoms with E-state index in [2.05, 4.69) is 5.32 Å². The van der Waals surface area contributed by atoms with Crippen LogP contribution in [0.15, 0.2) is 0 Å². The Balaban J connectivity index is 2.44. The van der Waals surface area contributed by atoms with Gasteiger partial charge in [-0.05, 0) is 24.7 Å². The highest BCUT2D eigenvalue weighted by Gasteiger charge is 2.49. The molecule has 0 radical (unpaired) electrons. The van der Waals surface area contributed by atoms with Gasteiger partial charge in [-0.3, -0.25) is 4.79 Å². The zero-order chi connectivity index (χ0) is 13.9. The summed E-state index contributed by atoms with van der Waals surface area (Å²) >= 11 is 0. The normalized spacial score (nSPS) is 22.4. The van der Waals surface area contributed by atoms with Gasteiger partial charge in [0.25, 0.3) is 0 Å². The first kappa shape index (κ1) is 15.4. The molecule has 3 unspecified atom stereocenters. The van der Waals surface area contributed by atoms with Gasteiger partial charge < -0.3 is 16.2 Å². The summed E-state index contributed by atoms with van der Waals surface area (Å²) in [5.74, 6) is 0.328. The number of nitrogens with one attached hydrogen (secondary N) is 1. The van der Waals surface area contributed by atoms with E-state index < -0.39 is 6.04 Å². The molecule has 1 aliphatic rings. The summed E-state index contributed by atoms with van der Waals surface area (Å²) in [6.07, 6.45) is 2.54. The van der Waals surface area contributed by atoms with E-state index in [0.717, 1.165) is 19.3 Å². The minimum atomic E-state index is -0.443. The van der Waals surface area contributed by atoms with Crippen molar-refractivity contribution >= 4 is 5.91 Å². The molecule has 0 bridgehead atoms. The lowest BCUT2D eigenvalue weighted by Gasteiger charge is -2.27. The van der Waals surface area contributed by atoms with E-state index in [1.165, 1.54) is 0 Å². The quantitative estimate of drug-likeness (QED) is 0.642. The molecule has 4 heteroatoms. The second-order valence-corrected chi connectivity index (χ2v) is 6.18. The topological polar surface area (TPSA) is 75.4 Å². The molecule has 0 aromatic rings. The highest BCUT2D eigenvalue weighted by atomic mass is 16.3. The molecule has 0 aliphatic heterocycles. The molecule has 0 aromatic heterocycles. The van der Waals surface area contributed by atoms with E-state index in [9.17, 15) is 9.90 Å². The van der Waals surface area contributed by atoms with E-state index in [1.807, 2.05) is 27.7 Å². The van der Waals surface area contributed by atoms with Gasteiger partial charge in [0.15, 0.2) is 0 Å². The van der Waals surface area contributed by atoms with E-state index >= 15 is 0 Å². The molecule has 4 nitrogen and oxygen atoms in total. The maximum atomic E-state index is 11.9. The molecule has 1 saturated carbocycles. The van der Waals surface area contributed by atoms with Crippen LogP contribution >= 0.6 is 0 Å². The van der Waals surface area contributed by atoms with Crippen molar-refractivity contribution in [3.8, 4) is 0 Å². The average Bonchev–Trinajstić information content (AvgIpc) is 3.14. The van der Waals surface area contributed by atoms with Crippen molar-refractivity contribution in [3.63, 3.8) is 0 Å². The summed E-state index contributed by atoms with van der Waals surface area (Å²) in [6.45, 7) is 8.59. The largest absolute Gasteiger partial charge is 0.392 e. The Morgan fingerprint density at radius 3 is 2.33 bits per heavy atom. The van der Waals surface area contributed by atoms with Crippen LogP contribution in [-0.2, 0) is 4.79 Å². The van der Waals surface area contributed by atoms with Gasteiger partial charge in [-0.2, -0.15) is 0 Å². The molecule has 0 saturated heterocycles. The number of rotatable bonds is 7. The molecule has 3 atom stereocenters. The van der Waals surface area contributed by atoms with Gasteiger partial charge in [-0.25, -0.2) is 0 Å². The summed E-state index contributed by atoms with van der Waals surface area (Å²) in [5.41, 5.74) is 5.78. The lowest BCUT2D eigenvalue weighted by molar-refractivity contribution is -0.124. The molecule has 0 heterocycles. The van der Waals surface area contributed by atoms with Gasteiger partial charge >= 0.3 is 0 Å². The third-order valence-corrected chi connectivity index (χ3v) is 4.33. The van der Waals surface area contributed by atoms with Crippen LogP contribution < -0.4 is 11.1 Å². The Morgan fingerprint density at radius 2 is 1.94 bits per heavy atom. The molecule has 0 aromatic carbocycles.